The third-order valence-electron chi connectivity index (χ3n) is 2.87. The number of amides is 1. The molecule has 1 heterocycles. The predicted octanol–water partition coefficient (Wildman–Crippen LogP) is -1.16. The van der Waals surface area contributed by atoms with E-state index < -0.39 is 5.60 Å². The van der Waals surface area contributed by atoms with Crippen molar-refractivity contribution in [2.24, 2.45) is 5.84 Å². The molecule has 0 aromatic carbocycles. The standard InChI is InChI=1S/C10H21N3O3/c1-13(5-2-9(14)12-11)8-10(15)3-6-16-7-4-10/h15H,2-8,11H2,1H3,(H,12,14). The number of hydrazine groups is 1. The lowest BCUT2D eigenvalue weighted by molar-refractivity contribution is -0.122. The van der Waals surface area contributed by atoms with Gasteiger partial charge in [-0.05, 0) is 7.05 Å². The molecule has 1 aliphatic heterocycles. The van der Waals surface area contributed by atoms with E-state index in [-0.39, 0.29) is 5.91 Å². The maximum Gasteiger partial charge on any atom is 0.235 e. The summed E-state index contributed by atoms with van der Waals surface area (Å²) in [6, 6.07) is 0. The van der Waals surface area contributed by atoms with E-state index in [1.54, 1.807) is 0 Å². The molecule has 1 rings (SSSR count). The molecule has 0 aromatic heterocycles. The van der Waals surface area contributed by atoms with Crippen molar-refractivity contribution in [1.29, 1.82) is 0 Å². The lowest BCUT2D eigenvalue weighted by Gasteiger charge is -2.35. The molecule has 1 amide bonds. The number of aliphatic hydroxyl groups is 1. The van der Waals surface area contributed by atoms with Crippen LogP contribution in [-0.4, -0.2) is 54.9 Å². The van der Waals surface area contributed by atoms with Crippen molar-refractivity contribution in [2.45, 2.75) is 24.9 Å². The fraction of sp³-hybridized carbons (Fsp3) is 0.900. The van der Waals surface area contributed by atoms with E-state index in [2.05, 4.69) is 5.43 Å². The Bertz CT molecular complexity index is 229. The second-order valence-corrected chi connectivity index (χ2v) is 4.39. The second kappa shape index (κ2) is 6.15. The van der Waals surface area contributed by atoms with Crippen molar-refractivity contribution in [3.05, 3.63) is 0 Å². The highest BCUT2D eigenvalue weighted by Gasteiger charge is 2.30. The minimum atomic E-state index is -0.674. The van der Waals surface area contributed by atoms with E-state index in [0.717, 1.165) is 0 Å². The van der Waals surface area contributed by atoms with Gasteiger partial charge in [0.25, 0.3) is 0 Å². The van der Waals surface area contributed by atoms with Crippen LogP contribution in [0.2, 0.25) is 0 Å². The molecule has 1 fully saturated rings. The Morgan fingerprint density at radius 3 is 2.75 bits per heavy atom. The van der Waals surface area contributed by atoms with E-state index in [1.165, 1.54) is 0 Å². The minimum absolute atomic E-state index is 0.189. The van der Waals surface area contributed by atoms with E-state index in [1.807, 2.05) is 11.9 Å². The quantitative estimate of drug-likeness (QED) is 0.315. The fourth-order valence-corrected chi connectivity index (χ4v) is 1.86. The van der Waals surface area contributed by atoms with Crippen LogP contribution in [0, 0.1) is 0 Å². The normalized spacial score (nSPS) is 19.8. The van der Waals surface area contributed by atoms with E-state index in [0.29, 0.717) is 45.6 Å². The Morgan fingerprint density at radius 2 is 2.19 bits per heavy atom. The first-order valence-corrected chi connectivity index (χ1v) is 5.54. The van der Waals surface area contributed by atoms with Gasteiger partial charge in [0.2, 0.25) is 5.91 Å². The van der Waals surface area contributed by atoms with Crippen LogP contribution < -0.4 is 11.3 Å². The number of nitrogens with two attached hydrogens (primary N) is 1. The maximum absolute atomic E-state index is 10.9. The molecular weight excluding hydrogens is 210 g/mol. The lowest BCUT2D eigenvalue weighted by Crippen LogP contribution is -2.46. The van der Waals surface area contributed by atoms with Crippen LogP contribution in [0.5, 0.6) is 0 Å². The van der Waals surface area contributed by atoms with Crippen LogP contribution in [-0.2, 0) is 9.53 Å². The Kier molecular flexibility index (Phi) is 5.14. The highest BCUT2D eigenvalue weighted by Crippen LogP contribution is 2.21. The first-order chi connectivity index (χ1) is 7.56. The van der Waals surface area contributed by atoms with Crippen molar-refractivity contribution in [3.63, 3.8) is 0 Å². The maximum atomic E-state index is 10.9. The average molecular weight is 231 g/mol. The number of nitrogens with zero attached hydrogens (tertiary/aromatic N) is 1. The zero-order chi connectivity index (χ0) is 12.0. The molecule has 0 atom stereocenters. The summed E-state index contributed by atoms with van der Waals surface area (Å²) in [6.45, 7) is 2.36. The molecule has 0 unspecified atom stereocenters. The summed E-state index contributed by atoms with van der Waals surface area (Å²) in [4.78, 5) is 12.9. The number of hydrogen-bond acceptors (Lipinski definition) is 5. The molecule has 0 radical (unpaired) electrons. The topological polar surface area (TPSA) is 87.8 Å². The molecule has 1 saturated heterocycles. The summed E-state index contributed by atoms with van der Waals surface area (Å²) in [6.07, 6.45) is 1.65. The van der Waals surface area contributed by atoms with E-state index in [4.69, 9.17) is 10.6 Å². The molecule has 0 aromatic rings. The zero-order valence-corrected chi connectivity index (χ0v) is 9.74. The highest BCUT2D eigenvalue weighted by atomic mass is 16.5. The van der Waals surface area contributed by atoms with Gasteiger partial charge in [-0.1, -0.05) is 0 Å². The molecule has 0 aliphatic carbocycles. The summed E-state index contributed by atoms with van der Waals surface area (Å²) in [5, 5.41) is 10.2. The first kappa shape index (κ1) is 13.4. The molecule has 4 N–H and O–H groups in total. The van der Waals surface area contributed by atoms with Gasteiger partial charge < -0.3 is 14.7 Å². The number of hydrogen-bond donors (Lipinski definition) is 3. The third-order valence-corrected chi connectivity index (χ3v) is 2.87. The van der Waals surface area contributed by atoms with Gasteiger partial charge in [0.1, 0.15) is 0 Å². The summed E-state index contributed by atoms with van der Waals surface area (Å²) < 4.78 is 5.20. The van der Waals surface area contributed by atoms with Crippen LogP contribution >= 0.6 is 0 Å². The van der Waals surface area contributed by atoms with E-state index in [9.17, 15) is 9.90 Å². The van der Waals surface area contributed by atoms with Crippen LogP contribution in [0.3, 0.4) is 0 Å². The van der Waals surface area contributed by atoms with Gasteiger partial charge in [0, 0.05) is 45.6 Å². The fourth-order valence-electron chi connectivity index (χ4n) is 1.86. The molecule has 0 bridgehead atoms. The van der Waals surface area contributed by atoms with Gasteiger partial charge in [-0.3, -0.25) is 10.2 Å². The Balaban J connectivity index is 2.26. The molecule has 94 valence electrons. The predicted molar refractivity (Wildman–Crippen MR) is 59.4 cm³/mol. The van der Waals surface area contributed by atoms with Crippen LogP contribution in [0.25, 0.3) is 0 Å². The number of carbonyl (C=O) groups is 1. The number of rotatable bonds is 5. The Morgan fingerprint density at radius 1 is 1.56 bits per heavy atom. The van der Waals surface area contributed by atoms with Gasteiger partial charge in [-0.2, -0.15) is 0 Å². The molecule has 0 saturated carbocycles. The summed E-state index contributed by atoms with van der Waals surface area (Å²) in [5.74, 6) is 4.80. The van der Waals surface area contributed by atoms with Gasteiger partial charge >= 0.3 is 0 Å². The Hall–Kier alpha value is -0.690. The number of likely N-dealkylation sites (N-methyl/N-ethyl adjacent to an activating group) is 1. The molecule has 6 heteroatoms. The van der Waals surface area contributed by atoms with Gasteiger partial charge in [0.15, 0.2) is 0 Å². The second-order valence-electron chi connectivity index (χ2n) is 4.39. The van der Waals surface area contributed by atoms with Crippen LogP contribution in [0.4, 0.5) is 0 Å². The first-order valence-electron chi connectivity index (χ1n) is 5.54. The van der Waals surface area contributed by atoms with Gasteiger partial charge in [-0.15, -0.1) is 0 Å². The molecule has 6 nitrogen and oxygen atoms in total. The Labute approximate surface area is 95.7 Å². The van der Waals surface area contributed by atoms with Crippen molar-refractivity contribution >= 4 is 5.91 Å². The molecule has 1 aliphatic rings. The monoisotopic (exact) mass is 231 g/mol. The summed E-state index contributed by atoms with van der Waals surface area (Å²) in [5.41, 5.74) is 1.41. The largest absolute Gasteiger partial charge is 0.388 e. The lowest BCUT2D eigenvalue weighted by atomic mass is 9.94. The van der Waals surface area contributed by atoms with Crippen molar-refractivity contribution in [1.82, 2.24) is 10.3 Å². The number of nitrogens with one attached hydrogen (secondary N) is 1. The van der Waals surface area contributed by atoms with Crippen molar-refractivity contribution in [2.75, 3.05) is 33.4 Å². The van der Waals surface area contributed by atoms with Crippen LogP contribution in [0.1, 0.15) is 19.3 Å². The van der Waals surface area contributed by atoms with Crippen LogP contribution in [0.15, 0.2) is 0 Å². The summed E-state index contributed by atoms with van der Waals surface area (Å²) >= 11 is 0. The number of ether oxygens (including phenoxy) is 1. The molecule has 0 spiro atoms. The van der Waals surface area contributed by atoms with Crippen molar-refractivity contribution in [3.8, 4) is 0 Å². The van der Waals surface area contributed by atoms with Gasteiger partial charge in [0.05, 0.1) is 5.60 Å². The SMILES string of the molecule is CN(CCC(=O)NN)CC1(O)CCOCC1. The minimum Gasteiger partial charge on any atom is -0.388 e. The van der Waals surface area contributed by atoms with Crippen molar-refractivity contribution < 1.29 is 14.6 Å². The molecular formula is C10H21N3O3. The highest BCUT2D eigenvalue weighted by molar-refractivity contribution is 5.75. The summed E-state index contributed by atoms with van der Waals surface area (Å²) in [7, 11) is 1.89. The van der Waals surface area contributed by atoms with E-state index >= 15 is 0 Å². The average Bonchev–Trinajstić information content (AvgIpc) is 2.26. The zero-order valence-electron chi connectivity index (χ0n) is 9.74. The smallest absolute Gasteiger partial charge is 0.235 e. The number of carbonyl (C=O) groups excluding carboxylic acids is 1. The third kappa shape index (κ3) is 4.44. The van der Waals surface area contributed by atoms with Gasteiger partial charge in [-0.25, -0.2) is 5.84 Å². The molecule has 16 heavy (non-hydrogen) atoms.